The maximum absolute atomic E-state index is 6.04. The summed E-state index contributed by atoms with van der Waals surface area (Å²) in [6, 6.07) is 7.50. The van der Waals surface area contributed by atoms with Gasteiger partial charge >= 0.3 is 0 Å². The molecule has 1 fully saturated rings. The molecule has 0 bridgehead atoms. The second-order valence-corrected chi connectivity index (χ2v) is 5.61. The lowest BCUT2D eigenvalue weighted by atomic mass is 9.99. The highest BCUT2D eigenvalue weighted by molar-refractivity contribution is 5.51. The summed E-state index contributed by atoms with van der Waals surface area (Å²) in [5.74, 6) is 0. The first-order chi connectivity index (χ1) is 9.11. The van der Waals surface area contributed by atoms with Gasteiger partial charge in [-0.1, -0.05) is 13.0 Å². The van der Waals surface area contributed by atoms with Crippen molar-refractivity contribution in [3.63, 3.8) is 0 Å². The predicted molar refractivity (Wildman–Crippen MR) is 80.8 cm³/mol. The maximum atomic E-state index is 6.04. The smallest absolute Gasteiger partial charge is 0.0670 e. The third-order valence-electron chi connectivity index (χ3n) is 4.19. The van der Waals surface area contributed by atoms with Gasteiger partial charge in [-0.25, -0.2) is 0 Å². The number of ether oxygens (including phenoxy) is 1. The summed E-state index contributed by atoms with van der Waals surface area (Å²) in [5.41, 5.74) is 10.0. The lowest BCUT2D eigenvalue weighted by Gasteiger charge is -2.26. The minimum atomic E-state index is 0.269. The summed E-state index contributed by atoms with van der Waals surface area (Å²) in [6.45, 7) is 6.05. The van der Waals surface area contributed by atoms with E-state index in [4.69, 9.17) is 10.5 Å². The molecule has 0 aliphatic carbocycles. The number of likely N-dealkylation sites (N-methyl/N-ethyl adjacent to an activating group) is 1. The van der Waals surface area contributed by atoms with Crippen molar-refractivity contribution >= 4 is 5.69 Å². The molecule has 0 saturated carbocycles. The van der Waals surface area contributed by atoms with Gasteiger partial charge in [0.15, 0.2) is 0 Å². The number of nitrogens with two attached hydrogens (primary N) is 1. The van der Waals surface area contributed by atoms with Gasteiger partial charge in [-0.15, -0.1) is 0 Å². The van der Waals surface area contributed by atoms with Gasteiger partial charge in [0.25, 0.3) is 0 Å². The van der Waals surface area contributed by atoms with Crippen molar-refractivity contribution in [1.82, 2.24) is 0 Å². The molecule has 1 saturated heterocycles. The second-order valence-electron chi connectivity index (χ2n) is 5.61. The van der Waals surface area contributed by atoms with Crippen molar-refractivity contribution in [2.45, 2.75) is 45.2 Å². The average molecular weight is 262 g/mol. The molecule has 2 N–H and O–H groups in total. The number of hydrogen-bond acceptors (Lipinski definition) is 3. The summed E-state index contributed by atoms with van der Waals surface area (Å²) >= 11 is 0. The van der Waals surface area contributed by atoms with E-state index >= 15 is 0 Å². The van der Waals surface area contributed by atoms with Crippen molar-refractivity contribution in [3.05, 3.63) is 29.3 Å². The minimum absolute atomic E-state index is 0.269. The van der Waals surface area contributed by atoms with Gasteiger partial charge in [-0.05, 0) is 49.4 Å². The summed E-state index contributed by atoms with van der Waals surface area (Å²) in [6.07, 6.45) is 3.12. The Kier molecular flexibility index (Phi) is 4.83. The molecule has 1 heterocycles. The Balaban J connectivity index is 2.09. The van der Waals surface area contributed by atoms with Crippen LogP contribution in [0.1, 0.15) is 30.9 Å². The van der Waals surface area contributed by atoms with Crippen LogP contribution in [0.15, 0.2) is 18.2 Å². The largest absolute Gasteiger partial charge is 0.379 e. The molecule has 1 aromatic rings. The molecule has 2 unspecified atom stereocenters. The first-order valence-electron chi connectivity index (χ1n) is 7.27. The molecule has 106 valence electrons. The summed E-state index contributed by atoms with van der Waals surface area (Å²) < 4.78 is 5.46. The lowest BCUT2D eigenvalue weighted by molar-refractivity contribution is 0.193. The zero-order valence-corrected chi connectivity index (χ0v) is 12.4. The number of aryl methyl sites for hydroxylation is 1. The van der Waals surface area contributed by atoms with Crippen LogP contribution in [-0.2, 0) is 11.2 Å². The first-order valence-corrected chi connectivity index (χ1v) is 7.27. The Hall–Kier alpha value is -1.06. The zero-order chi connectivity index (χ0) is 13.8. The van der Waals surface area contributed by atoms with Crippen LogP contribution in [0.25, 0.3) is 0 Å². The first kappa shape index (κ1) is 14.4. The number of benzene rings is 1. The SMILES string of the molecule is CCC(N)Cc1ccc(N(C)C2CCOC2)cc1C. The maximum Gasteiger partial charge on any atom is 0.0670 e. The van der Waals surface area contributed by atoms with Crippen molar-refractivity contribution < 1.29 is 4.74 Å². The molecule has 3 nitrogen and oxygen atoms in total. The molecule has 0 radical (unpaired) electrons. The monoisotopic (exact) mass is 262 g/mol. The van der Waals surface area contributed by atoms with Crippen LogP contribution in [0, 0.1) is 6.92 Å². The highest BCUT2D eigenvalue weighted by atomic mass is 16.5. The molecule has 1 aliphatic rings. The number of rotatable bonds is 5. The molecule has 0 amide bonds. The fourth-order valence-electron chi connectivity index (χ4n) is 2.59. The highest BCUT2D eigenvalue weighted by Crippen LogP contribution is 2.23. The van der Waals surface area contributed by atoms with E-state index in [9.17, 15) is 0 Å². The summed E-state index contributed by atoms with van der Waals surface area (Å²) in [5, 5.41) is 0. The van der Waals surface area contributed by atoms with E-state index in [1.54, 1.807) is 0 Å². The van der Waals surface area contributed by atoms with Crippen LogP contribution in [0.3, 0.4) is 0 Å². The number of hydrogen-bond donors (Lipinski definition) is 1. The van der Waals surface area contributed by atoms with Gasteiger partial charge in [0.1, 0.15) is 0 Å². The normalized spacial score (nSPS) is 20.5. The third-order valence-corrected chi connectivity index (χ3v) is 4.19. The van der Waals surface area contributed by atoms with E-state index in [1.807, 2.05) is 0 Å². The molecule has 1 aromatic carbocycles. The van der Waals surface area contributed by atoms with Crippen molar-refractivity contribution in [3.8, 4) is 0 Å². The van der Waals surface area contributed by atoms with Crippen LogP contribution < -0.4 is 10.6 Å². The Morgan fingerprint density at radius 2 is 2.26 bits per heavy atom. The molecule has 2 rings (SSSR count). The van der Waals surface area contributed by atoms with E-state index in [1.165, 1.54) is 16.8 Å². The van der Waals surface area contributed by atoms with Crippen molar-refractivity contribution in [2.24, 2.45) is 5.73 Å². The van der Waals surface area contributed by atoms with Gasteiger partial charge in [0.2, 0.25) is 0 Å². The zero-order valence-electron chi connectivity index (χ0n) is 12.4. The molecule has 0 aromatic heterocycles. The molecular formula is C16H26N2O. The van der Waals surface area contributed by atoms with E-state index < -0.39 is 0 Å². The molecule has 19 heavy (non-hydrogen) atoms. The van der Waals surface area contributed by atoms with E-state index in [0.717, 1.165) is 32.5 Å². The Morgan fingerprint density at radius 3 is 2.84 bits per heavy atom. The minimum Gasteiger partial charge on any atom is -0.379 e. The van der Waals surface area contributed by atoms with Gasteiger partial charge in [-0.2, -0.15) is 0 Å². The third kappa shape index (κ3) is 3.48. The fourth-order valence-corrected chi connectivity index (χ4v) is 2.59. The van der Waals surface area contributed by atoms with Crippen LogP contribution in [0.5, 0.6) is 0 Å². The molecule has 3 heteroatoms. The number of nitrogens with zero attached hydrogens (tertiary/aromatic N) is 1. The van der Waals surface area contributed by atoms with Gasteiger partial charge < -0.3 is 15.4 Å². The van der Waals surface area contributed by atoms with Crippen LogP contribution in [-0.4, -0.2) is 32.3 Å². The second kappa shape index (κ2) is 6.40. The van der Waals surface area contributed by atoms with E-state index in [2.05, 4.69) is 44.0 Å². The standard InChI is InChI=1S/C16H26N2O/c1-4-14(17)10-13-5-6-15(9-12(13)2)18(3)16-7-8-19-11-16/h5-6,9,14,16H,4,7-8,10-11,17H2,1-3H3. The summed E-state index contributed by atoms with van der Waals surface area (Å²) in [4.78, 5) is 2.34. The molecule has 2 atom stereocenters. The topological polar surface area (TPSA) is 38.5 Å². The predicted octanol–water partition coefficient (Wildman–Crippen LogP) is 2.50. The van der Waals surface area contributed by atoms with E-state index in [0.29, 0.717) is 6.04 Å². The van der Waals surface area contributed by atoms with Gasteiger partial charge in [-0.3, -0.25) is 0 Å². The fraction of sp³-hybridized carbons (Fsp3) is 0.625. The van der Waals surface area contributed by atoms with Crippen molar-refractivity contribution in [1.29, 1.82) is 0 Å². The van der Waals surface area contributed by atoms with E-state index in [-0.39, 0.29) is 6.04 Å². The molecule has 1 aliphatic heterocycles. The Morgan fingerprint density at radius 1 is 1.47 bits per heavy atom. The highest BCUT2D eigenvalue weighted by Gasteiger charge is 2.20. The average Bonchev–Trinajstić information content (AvgIpc) is 2.94. The van der Waals surface area contributed by atoms with Crippen molar-refractivity contribution in [2.75, 3.05) is 25.2 Å². The van der Waals surface area contributed by atoms with Gasteiger partial charge in [0.05, 0.1) is 12.6 Å². The van der Waals surface area contributed by atoms with Crippen LogP contribution in [0.4, 0.5) is 5.69 Å². The number of anilines is 1. The Bertz CT molecular complexity index is 413. The van der Waals surface area contributed by atoms with Gasteiger partial charge in [0, 0.05) is 25.4 Å². The Labute approximate surface area is 116 Å². The molecular weight excluding hydrogens is 236 g/mol. The lowest BCUT2D eigenvalue weighted by Crippen LogP contribution is -2.31. The molecule has 0 spiro atoms. The van der Waals surface area contributed by atoms with Crippen LogP contribution >= 0.6 is 0 Å². The quantitative estimate of drug-likeness (QED) is 0.886. The van der Waals surface area contributed by atoms with Crippen LogP contribution in [0.2, 0.25) is 0 Å². The summed E-state index contributed by atoms with van der Waals surface area (Å²) in [7, 11) is 2.16.